The van der Waals surface area contributed by atoms with Gasteiger partial charge in [0.25, 0.3) is 0 Å². The number of carbonyl (C=O) groups is 1. The second-order valence-corrected chi connectivity index (χ2v) is 6.97. The predicted molar refractivity (Wildman–Crippen MR) is 101 cm³/mol. The lowest BCUT2D eigenvalue weighted by atomic mass is 10.0. The third-order valence-corrected chi connectivity index (χ3v) is 5.22. The zero-order chi connectivity index (χ0) is 20.1. The van der Waals surface area contributed by atoms with E-state index in [2.05, 4.69) is 15.1 Å². The van der Waals surface area contributed by atoms with Gasteiger partial charge in [0.05, 0.1) is 17.0 Å². The zero-order valence-electron chi connectivity index (χ0n) is 15.1. The van der Waals surface area contributed by atoms with Crippen LogP contribution in [-0.4, -0.2) is 37.2 Å². The maximum Gasteiger partial charge on any atom is 0.337 e. The topological polar surface area (TPSA) is 83.6 Å². The molecule has 1 aliphatic heterocycles. The molecule has 1 fully saturated rings. The lowest BCUT2D eigenvalue weighted by Gasteiger charge is -2.26. The summed E-state index contributed by atoms with van der Waals surface area (Å²) in [4.78, 5) is 22.0. The monoisotopic (exact) mass is 395 g/mol. The van der Waals surface area contributed by atoms with Crippen LogP contribution in [0.1, 0.15) is 34.8 Å². The number of pyridine rings is 1. The molecule has 7 nitrogen and oxygen atoms in total. The average molecular weight is 395 g/mol. The number of benzene rings is 1. The van der Waals surface area contributed by atoms with Crippen LogP contribution >= 0.6 is 0 Å². The largest absolute Gasteiger partial charge is 0.478 e. The maximum absolute atomic E-state index is 14.4. The first kappa shape index (κ1) is 17.5. The van der Waals surface area contributed by atoms with Crippen LogP contribution < -0.4 is 4.90 Å². The highest BCUT2D eigenvalue weighted by atomic mass is 19.1. The van der Waals surface area contributed by atoms with Crippen molar-refractivity contribution in [1.29, 1.82) is 0 Å². The van der Waals surface area contributed by atoms with Gasteiger partial charge in [-0.05, 0) is 43.2 Å². The quantitative estimate of drug-likeness (QED) is 0.571. The number of rotatable bonds is 3. The van der Waals surface area contributed by atoms with E-state index in [9.17, 15) is 18.7 Å². The molecule has 1 aromatic carbocycles. The van der Waals surface area contributed by atoms with Gasteiger partial charge < -0.3 is 10.0 Å². The Bertz CT molecular complexity index is 1270. The first-order valence-electron chi connectivity index (χ1n) is 9.11. The number of fused-ring (bicyclic) bond motifs is 3. The van der Waals surface area contributed by atoms with Crippen molar-refractivity contribution in [2.24, 2.45) is 0 Å². The molecule has 1 N–H and O–H groups in total. The van der Waals surface area contributed by atoms with Crippen molar-refractivity contribution in [3.05, 3.63) is 65.5 Å². The molecule has 5 rings (SSSR count). The third-order valence-electron chi connectivity index (χ3n) is 5.22. The van der Waals surface area contributed by atoms with Crippen LogP contribution in [0.4, 0.5) is 14.6 Å². The number of halogens is 2. The number of hydrogen-bond acceptors (Lipinski definition) is 5. The van der Waals surface area contributed by atoms with Gasteiger partial charge >= 0.3 is 5.97 Å². The summed E-state index contributed by atoms with van der Waals surface area (Å²) in [7, 11) is 0. The normalized spacial score (nSPS) is 16.8. The Morgan fingerprint density at radius 3 is 2.90 bits per heavy atom. The standard InChI is InChI=1S/C20H15F2N5O2/c21-12-3-4-15(22)13(9-12)16-2-1-6-26(16)17-5-7-27-19(24-17)14-8-11(20(28)29)10-23-18(14)25-27/h3-5,7-10,16H,1-2,6H2,(H,28,29). The van der Waals surface area contributed by atoms with Gasteiger partial charge in [-0.15, -0.1) is 5.10 Å². The Morgan fingerprint density at radius 2 is 2.07 bits per heavy atom. The Labute approximate surface area is 163 Å². The van der Waals surface area contributed by atoms with Gasteiger partial charge in [0.15, 0.2) is 11.3 Å². The molecule has 1 aliphatic rings. The molecule has 0 amide bonds. The van der Waals surface area contributed by atoms with Gasteiger partial charge in [-0.2, -0.15) is 0 Å². The fourth-order valence-electron chi connectivity index (χ4n) is 3.88. The van der Waals surface area contributed by atoms with E-state index in [4.69, 9.17) is 0 Å². The lowest BCUT2D eigenvalue weighted by Crippen LogP contribution is -2.24. The number of aromatic carboxylic acids is 1. The summed E-state index contributed by atoms with van der Waals surface area (Å²) in [5.74, 6) is -1.43. The highest BCUT2D eigenvalue weighted by molar-refractivity contribution is 5.96. The highest BCUT2D eigenvalue weighted by Gasteiger charge is 2.30. The SMILES string of the molecule is O=C(O)c1cnc2nn3ccc(N4CCCC4c4cc(F)ccc4F)nc3c2c1. The maximum atomic E-state index is 14.4. The first-order chi connectivity index (χ1) is 14.0. The van der Waals surface area contributed by atoms with Crippen LogP contribution in [-0.2, 0) is 0 Å². The van der Waals surface area contributed by atoms with Crippen LogP contribution in [0.25, 0.3) is 16.7 Å². The minimum atomic E-state index is -1.09. The van der Waals surface area contributed by atoms with E-state index >= 15 is 0 Å². The van der Waals surface area contributed by atoms with Crippen LogP contribution in [0.3, 0.4) is 0 Å². The molecule has 1 atom stereocenters. The molecule has 0 radical (unpaired) electrons. The Kier molecular flexibility index (Phi) is 3.90. The molecule has 29 heavy (non-hydrogen) atoms. The fourth-order valence-corrected chi connectivity index (χ4v) is 3.88. The average Bonchev–Trinajstić information content (AvgIpc) is 3.33. The minimum Gasteiger partial charge on any atom is -0.478 e. The van der Waals surface area contributed by atoms with Crippen LogP contribution in [0, 0.1) is 11.6 Å². The van der Waals surface area contributed by atoms with Gasteiger partial charge in [0.2, 0.25) is 0 Å². The molecule has 9 heteroatoms. The number of carboxylic acids is 1. The Hall–Kier alpha value is -3.62. The molecule has 4 heterocycles. The first-order valence-corrected chi connectivity index (χ1v) is 9.11. The summed E-state index contributed by atoms with van der Waals surface area (Å²) < 4.78 is 29.6. The zero-order valence-corrected chi connectivity index (χ0v) is 15.1. The molecule has 1 unspecified atom stereocenters. The molecule has 4 aromatic rings. The van der Waals surface area contributed by atoms with Crippen LogP contribution in [0.2, 0.25) is 0 Å². The van der Waals surface area contributed by atoms with E-state index in [1.807, 2.05) is 4.90 Å². The van der Waals surface area contributed by atoms with Gasteiger partial charge in [0.1, 0.15) is 17.5 Å². The van der Waals surface area contributed by atoms with E-state index in [-0.39, 0.29) is 11.6 Å². The van der Waals surface area contributed by atoms with Gasteiger partial charge in [-0.25, -0.2) is 28.1 Å². The molecule has 0 bridgehead atoms. The van der Waals surface area contributed by atoms with E-state index in [1.165, 1.54) is 22.8 Å². The fraction of sp³-hybridized carbons (Fsp3) is 0.200. The van der Waals surface area contributed by atoms with E-state index in [1.54, 1.807) is 12.3 Å². The minimum absolute atomic E-state index is 0.0421. The summed E-state index contributed by atoms with van der Waals surface area (Å²) in [6.07, 6.45) is 4.45. The van der Waals surface area contributed by atoms with Crippen molar-refractivity contribution >= 4 is 28.5 Å². The van der Waals surface area contributed by atoms with Gasteiger partial charge in [0, 0.05) is 24.5 Å². The number of aromatic nitrogens is 4. The molecule has 0 spiro atoms. The van der Waals surface area contributed by atoms with Crippen LogP contribution in [0.15, 0.2) is 42.7 Å². The highest BCUT2D eigenvalue weighted by Crippen LogP contribution is 2.37. The van der Waals surface area contributed by atoms with Gasteiger partial charge in [-0.3, -0.25) is 0 Å². The predicted octanol–water partition coefficient (Wildman–Crippen LogP) is 3.60. The molecule has 0 saturated carbocycles. The summed E-state index contributed by atoms with van der Waals surface area (Å²) in [5, 5.41) is 14.0. The third kappa shape index (κ3) is 2.86. The smallest absolute Gasteiger partial charge is 0.337 e. The summed E-state index contributed by atoms with van der Waals surface area (Å²) >= 11 is 0. The summed E-state index contributed by atoms with van der Waals surface area (Å²) in [6, 6.07) is 6.38. The molecule has 1 saturated heterocycles. The molecule has 146 valence electrons. The molecule has 0 aliphatic carbocycles. The van der Waals surface area contributed by atoms with Crippen molar-refractivity contribution in [2.75, 3.05) is 11.4 Å². The lowest BCUT2D eigenvalue weighted by molar-refractivity contribution is 0.0696. The van der Waals surface area contributed by atoms with Crippen molar-refractivity contribution in [2.45, 2.75) is 18.9 Å². The van der Waals surface area contributed by atoms with E-state index in [0.717, 1.165) is 18.6 Å². The molecule has 3 aromatic heterocycles. The molecular formula is C20H15F2N5O2. The van der Waals surface area contributed by atoms with Crippen molar-refractivity contribution in [1.82, 2.24) is 19.6 Å². The van der Waals surface area contributed by atoms with Crippen LogP contribution in [0.5, 0.6) is 0 Å². The Balaban J connectivity index is 1.62. The summed E-state index contributed by atoms with van der Waals surface area (Å²) in [5.41, 5.74) is 1.19. The van der Waals surface area contributed by atoms with Gasteiger partial charge in [-0.1, -0.05) is 0 Å². The summed E-state index contributed by atoms with van der Waals surface area (Å²) in [6.45, 7) is 0.647. The molecular weight excluding hydrogens is 380 g/mol. The second kappa shape index (κ2) is 6.47. The number of carboxylic acid groups (broad SMARTS) is 1. The number of anilines is 1. The number of nitrogens with zero attached hydrogens (tertiary/aromatic N) is 5. The van der Waals surface area contributed by atoms with Crippen molar-refractivity contribution in [3.63, 3.8) is 0 Å². The number of hydrogen-bond donors (Lipinski definition) is 1. The second-order valence-electron chi connectivity index (χ2n) is 6.97. The van der Waals surface area contributed by atoms with Crippen molar-refractivity contribution < 1.29 is 18.7 Å². The Morgan fingerprint density at radius 1 is 1.21 bits per heavy atom. The van der Waals surface area contributed by atoms with E-state index < -0.39 is 17.6 Å². The van der Waals surface area contributed by atoms with Crippen molar-refractivity contribution in [3.8, 4) is 0 Å². The van der Waals surface area contributed by atoms with E-state index in [0.29, 0.717) is 41.0 Å².